The van der Waals surface area contributed by atoms with Gasteiger partial charge in [-0.05, 0) is 19.9 Å². The minimum Gasteiger partial charge on any atom is -0.380 e. The van der Waals surface area contributed by atoms with E-state index < -0.39 is 0 Å². The van der Waals surface area contributed by atoms with Crippen molar-refractivity contribution in [2.24, 2.45) is 0 Å². The molecule has 0 radical (unpaired) electrons. The molecule has 0 aliphatic rings. The molecule has 0 unspecified atom stereocenters. The van der Waals surface area contributed by atoms with E-state index in [9.17, 15) is 0 Å². The summed E-state index contributed by atoms with van der Waals surface area (Å²) in [4.78, 5) is 0. The minimum atomic E-state index is 0.834. The van der Waals surface area contributed by atoms with Crippen LogP contribution in [0.1, 0.15) is 90.9 Å². The molecule has 122 valence electrons. The fraction of sp³-hybridized carbons (Fsp3) is 1.00. The molecule has 0 aromatic heterocycles. The van der Waals surface area contributed by atoms with Gasteiger partial charge in [0, 0.05) is 13.2 Å². The Morgan fingerprint density at radius 2 is 1.10 bits per heavy atom. The summed E-state index contributed by atoms with van der Waals surface area (Å²) in [6.07, 6.45) is 17.1. The van der Waals surface area contributed by atoms with Gasteiger partial charge in [0.2, 0.25) is 0 Å². The van der Waals surface area contributed by atoms with E-state index in [1.54, 1.807) is 0 Å². The van der Waals surface area contributed by atoms with Gasteiger partial charge in [-0.15, -0.1) is 0 Å². The first-order valence-electron chi connectivity index (χ1n) is 9.20. The highest BCUT2D eigenvalue weighted by atomic mass is 16.5. The average Bonchev–Trinajstić information content (AvgIpc) is 2.47. The maximum absolute atomic E-state index is 5.28. The quantitative estimate of drug-likeness (QED) is 0.365. The van der Waals surface area contributed by atoms with Gasteiger partial charge in [0.1, 0.15) is 0 Å². The SMILES string of the molecule is CCCCCCCCCCCCCCNCCOCC. The van der Waals surface area contributed by atoms with Crippen molar-refractivity contribution in [1.29, 1.82) is 0 Å². The number of unbranched alkanes of at least 4 members (excludes halogenated alkanes) is 11. The second-order valence-corrected chi connectivity index (χ2v) is 5.84. The van der Waals surface area contributed by atoms with Crippen LogP contribution in [0.2, 0.25) is 0 Å². The molecule has 2 heteroatoms. The lowest BCUT2D eigenvalue weighted by atomic mass is 10.1. The van der Waals surface area contributed by atoms with Crippen LogP contribution >= 0.6 is 0 Å². The van der Waals surface area contributed by atoms with E-state index in [1.165, 1.54) is 77.0 Å². The summed E-state index contributed by atoms with van der Waals surface area (Å²) in [7, 11) is 0. The van der Waals surface area contributed by atoms with Crippen molar-refractivity contribution in [3.63, 3.8) is 0 Å². The van der Waals surface area contributed by atoms with Crippen molar-refractivity contribution in [2.45, 2.75) is 90.9 Å². The first-order valence-corrected chi connectivity index (χ1v) is 9.20. The normalized spacial score (nSPS) is 11.1. The molecule has 0 amide bonds. The molecular formula is C18H39NO. The van der Waals surface area contributed by atoms with Crippen LogP contribution < -0.4 is 5.32 Å². The molecule has 0 heterocycles. The van der Waals surface area contributed by atoms with Crippen LogP contribution in [0.25, 0.3) is 0 Å². The maximum Gasteiger partial charge on any atom is 0.0590 e. The van der Waals surface area contributed by atoms with Crippen molar-refractivity contribution >= 4 is 0 Å². The molecule has 0 aliphatic carbocycles. The van der Waals surface area contributed by atoms with E-state index in [2.05, 4.69) is 12.2 Å². The van der Waals surface area contributed by atoms with Crippen LogP contribution in [0.5, 0.6) is 0 Å². The number of ether oxygens (including phenoxy) is 1. The Kier molecular flexibility index (Phi) is 18.8. The Hall–Kier alpha value is -0.0800. The second-order valence-electron chi connectivity index (χ2n) is 5.84. The number of rotatable bonds is 17. The molecule has 0 fully saturated rings. The topological polar surface area (TPSA) is 21.3 Å². The Morgan fingerprint density at radius 3 is 1.60 bits per heavy atom. The zero-order valence-corrected chi connectivity index (χ0v) is 14.2. The molecule has 0 aromatic rings. The molecule has 20 heavy (non-hydrogen) atoms. The predicted molar refractivity (Wildman–Crippen MR) is 90.4 cm³/mol. The highest BCUT2D eigenvalue weighted by Crippen LogP contribution is 2.11. The van der Waals surface area contributed by atoms with Crippen LogP contribution in [0, 0.1) is 0 Å². The van der Waals surface area contributed by atoms with Gasteiger partial charge in [-0.25, -0.2) is 0 Å². The van der Waals surface area contributed by atoms with Crippen molar-refractivity contribution in [3.8, 4) is 0 Å². The average molecular weight is 286 g/mol. The lowest BCUT2D eigenvalue weighted by Gasteiger charge is -2.05. The van der Waals surface area contributed by atoms with Crippen LogP contribution in [0.15, 0.2) is 0 Å². The van der Waals surface area contributed by atoms with Gasteiger partial charge in [-0.2, -0.15) is 0 Å². The minimum absolute atomic E-state index is 0.834. The van der Waals surface area contributed by atoms with Gasteiger partial charge < -0.3 is 10.1 Å². The van der Waals surface area contributed by atoms with E-state index in [4.69, 9.17) is 4.74 Å². The van der Waals surface area contributed by atoms with Gasteiger partial charge in [-0.3, -0.25) is 0 Å². The van der Waals surface area contributed by atoms with Gasteiger partial charge in [-0.1, -0.05) is 77.6 Å². The van der Waals surface area contributed by atoms with Crippen molar-refractivity contribution in [1.82, 2.24) is 5.32 Å². The summed E-state index contributed by atoms with van der Waals surface area (Å²) in [6, 6.07) is 0. The van der Waals surface area contributed by atoms with Crippen molar-refractivity contribution in [2.75, 3.05) is 26.3 Å². The predicted octanol–water partition coefficient (Wildman–Crippen LogP) is 5.31. The summed E-state index contributed by atoms with van der Waals surface area (Å²) < 4.78 is 5.28. The molecule has 0 saturated heterocycles. The molecule has 1 N–H and O–H groups in total. The summed E-state index contributed by atoms with van der Waals surface area (Å²) >= 11 is 0. The molecule has 0 rings (SSSR count). The lowest BCUT2D eigenvalue weighted by molar-refractivity contribution is 0.149. The van der Waals surface area contributed by atoms with Gasteiger partial charge in [0.15, 0.2) is 0 Å². The number of nitrogens with one attached hydrogen (secondary N) is 1. The fourth-order valence-corrected chi connectivity index (χ4v) is 2.50. The summed E-state index contributed by atoms with van der Waals surface area (Å²) in [5, 5.41) is 3.43. The third-order valence-electron chi connectivity index (χ3n) is 3.83. The summed E-state index contributed by atoms with van der Waals surface area (Å²) in [5.41, 5.74) is 0. The molecule has 2 nitrogen and oxygen atoms in total. The van der Waals surface area contributed by atoms with Crippen LogP contribution in [0.3, 0.4) is 0 Å². The van der Waals surface area contributed by atoms with Crippen molar-refractivity contribution < 1.29 is 4.74 Å². The molecule has 0 bridgehead atoms. The van der Waals surface area contributed by atoms with Gasteiger partial charge in [0.05, 0.1) is 6.61 Å². The van der Waals surface area contributed by atoms with E-state index in [-0.39, 0.29) is 0 Å². The lowest BCUT2D eigenvalue weighted by Crippen LogP contribution is -2.20. The van der Waals surface area contributed by atoms with E-state index in [0.29, 0.717) is 0 Å². The van der Waals surface area contributed by atoms with E-state index in [1.807, 2.05) is 6.92 Å². The van der Waals surface area contributed by atoms with Crippen LogP contribution in [0.4, 0.5) is 0 Å². The molecule has 0 atom stereocenters. The fourth-order valence-electron chi connectivity index (χ4n) is 2.50. The molecule has 0 spiro atoms. The highest BCUT2D eigenvalue weighted by Gasteiger charge is 1.93. The van der Waals surface area contributed by atoms with Gasteiger partial charge in [0.25, 0.3) is 0 Å². The third kappa shape index (κ3) is 17.9. The third-order valence-corrected chi connectivity index (χ3v) is 3.83. The Morgan fingerprint density at radius 1 is 0.600 bits per heavy atom. The monoisotopic (exact) mass is 285 g/mol. The molecule has 0 aromatic carbocycles. The Balaban J connectivity index is 2.89. The largest absolute Gasteiger partial charge is 0.380 e. The number of hydrogen-bond donors (Lipinski definition) is 1. The first-order chi connectivity index (χ1) is 9.91. The zero-order chi connectivity index (χ0) is 14.7. The maximum atomic E-state index is 5.28. The molecular weight excluding hydrogens is 246 g/mol. The van der Waals surface area contributed by atoms with Crippen LogP contribution in [-0.2, 0) is 4.74 Å². The molecule has 0 saturated carbocycles. The highest BCUT2D eigenvalue weighted by molar-refractivity contribution is 4.51. The van der Waals surface area contributed by atoms with Crippen molar-refractivity contribution in [3.05, 3.63) is 0 Å². The van der Waals surface area contributed by atoms with E-state index in [0.717, 1.165) is 26.3 Å². The van der Waals surface area contributed by atoms with E-state index >= 15 is 0 Å². The van der Waals surface area contributed by atoms with Gasteiger partial charge >= 0.3 is 0 Å². The zero-order valence-electron chi connectivity index (χ0n) is 14.2. The smallest absolute Gasteiger partial charge is 0.0590 e. The number of hydrogen-bond acceptors (Lipinski definition) is 2. The Labute approximate surface area is 128 Å². The first kappa shape index (κ1) is 19.9. The van der Waals surface area contributed by atoms with Crippen LogP contribution in [-0.4, -0.2) is 26.3 Å². The second kappa shape index (κ2) is 18.9. The summed E-state index contributed by atoms with van der Waals surface area (Å²) in [5.74, 6) is 0. The molecule has 0 aliphatic heterocycles. The summed E-state index contributed by atoms with van der Waals surface area (Å²) in [6.45, 7) is 8.19. The Bertz CT molecular complexity index is 143. The standard InChI is InChI=1S/C18H39NO/c1-3-5-6-7-8-9-10-11-12-13-14-15-16-19-17-18-20-4-2/h19H,3-18H2,1-2H3.